The number of benzene rings is 2. The Morgan fingerprint density at radius 2 is 1.91 bits per heavy atom. The summed E-state index contributed by atoms with van der Waals surface area (Å²) in [7, 11) is 1.62. The largest absolute Gasteiger partial charge is 0.493 e. The van der Waals surface area contributed by atoms with Crippen molar-refractivity contribution in [1.29, 1.82) is 5.26 Å². The number of aromatic nitrogens is 1. The number of nitrogens with one attached hydrogen (secondary N) is 2. The van der Waals surface area contributed by atoms with E-state index in [1.54, 1.807) is 49.4 Å². The Bertz CT molecular complexity index is 1510. The van der Waals surface area contributed by atoms with Gasteiger partial charge in [-0.3, -0.25) is 4.98 Å². The molecule has 2 aliphatic heterocycles. The molecule has 0 bridgehead atoms. The molecule has 5 rings (SSSR count). The fraction of sp³-hybridized carbons (Fsp3) is 0.455. The first-order valence-electron chi connectivity index (χ1n) is 15.3. The molecular formula is C33H40N6O5. The molecule has 11 nitrogen and oxygen atoms in total. The summed E-state index contributed by atoms with van der Waals surface area (Å²) in [4.78, 5) is 34.6. The Kier molecular flexibility index (Phi) is 10.0. The number of hydrogen-bond acceptors (Lipinski definition) is 9. The average Bonchev–Trinajstić information content (AvgIpc) is 3.07. The lowest BCUT2D eigenvalue weighted by Crippen LogP contribution is -2.50. The number of rotatable bonds is 9. The van der Waals surface area contributed by atoms with Gasteiger partial charge in [0.1, 0.15) is 11.7 Å². The number of anilines is 2. The lowest BCUT2D eigenvalue weighted by atomic mass is 9.92. The molecule has 3 heterocycles. The topological polar surface area (TPSA) is 129 Å². The van der Waals surface area contributed by atoms with Crippen LogP contribution < -0.4 is 25.0 Å². The zero-order valence-electron chi connectivity index (χ0n) is 25.6. The second-order valence-electron chi connectivity index (χ2n) is 11.0. The molecule has 2 saturated heterocycles. The number of carbonyl (C=O) groups is 2. The van der Waals surface area contributed by atoms with Crippen molar-refractivity contribution in [3.8, 4) is 17.6 Å². The number of piperazine rings is 1. The maximum atomic E-state index is 13.1. The maximum absolute atomic E-state index is 13.1. The Hall–Kier alpha value is -4.56. The first-order chi connectivity index (χ1) is 21.4. The predicted molar refractivity (Wildman–Crippen MR) is 169 cm³/mol. The summed E-state index contributed by atoms with van der Waals surface area (Å²) >= 11 is 0. The van der Waals surface area contributed by atoms with Gasteiger partial charge in [0, 0.05) is 62.0 Å². The Labute approximate surface area is 258 Å². The molecule has 0 radical (unpaired) electrons. The van der Waals surface area contributed by atoms with E-state index < -0.39 is 5.97 Å². The minimum atomic E-state index is -0.451. The van der Waals surface area contributed by atoms with Crippen molar-refractivity contribution in [3.63, 3.8) is 0 Å². The number of ether oxygens (including phenoxy) is 3. The molecule has 44 heavy (non-hydrogen) atoms. The summed E-state index contributed by atoms with van der Waals surface area (Å²) < 4.78 is 17.8. The number of nitriles is 1. The predicted octanol–water partition coefficient (Wildman–Crippen LogP) is 4.80. The number of esters is 1. The van der Waals surface area contributed by atoms with Crippen LogP contribution in [0.4, 0.5) is 16.2 Å². The third-order valence-corrected chi connectivity index (χ3v) is 8.31. The van der Waals surface area contributed by atoms with Gasteiger partial charge in [0.25, 0.3) is 0 Å². The summed E-state index contributed by atoms with van der Waals surface area (Å²) in [5.41, 5.74) is 2.90. The monoisotopic (exact) mass is 600 g/mol. The molecule has 0 aliphatic carbocycles. The molecule has 2 unspecified atom stereocenters. The number of carbonyl (C=O) groups excluding carboxylic acids is 2. The molecule has 2 aromatic carbocycles. The van der Waals surface area contributed by atoms with Crippen LogP contribution in [0.15, 0.2) is 42.6 Å². The smallest absolute Gasteiger partial charge is 0.341 e. The second kappa shape index (κ2) is 14.3. The van der Waals surface area contributed by atoms with Crippen LogP contribution in [0.1, 0.15) is 49.0 Å². The molecule has 0 saturated carbocycles. The number of pyridine rings is 1. The van der Waals surface area contributed by atoms with E-state index in [0.29, 0.717) is 71.6 Å². The third-order valence-electron chi connectivity index (χ3n) is 8.31. The number of fused-ring (bicyclic) bond motifs is 1. The average molecular weight is 601 g/mol. The summed E-state index contributed by atoms with van der Waals surface area (Å²) in [5, 5.41) is 16.2. The highest BCUT2D eigenvalue weighted by Gasteiger charge is 2.29. The van der Waals surface area contributed by atoms with E-state index in [4.69, 9.17) is 19.5 Å². The number of hydrogen-bond donors (Lipinski definition) is 2. The van der Waals surface area contributed by atoms with Crippen molar-refractivity contribution >= 4 is 34.3 Å². The quantitative estimate of drug-likeness (QED) is 0.333. The van der Waals surface area contributed by atoms with Gasteiger partial charge < -0.3 is 34.6 Å². The van der Waals surface area contributed by atoms with Crippen molar-refractivity contribution in [3.05, 3.63) is 53.7 Å². The van der Waals surface area contributed by atoms with E-state index in [1.807, 2.05) is 12.1 Å². The van der Waals surface area contributed by atoms with Crippen LogP contribution in [0.2, 0.25) is 0 Å². The van der Waals surface area contributed by atoms with Crippen molar-refractivity contribution in [2.24, 2.45) is 5.92 Å². The minimum absolute atomic E-state index is 0.0379. The van der Waals surface area contributed by atoms with Crippen molar-refractivity contribution in [2.45, 2.75) is 39.2 Å². The molecular weight excluding hydrogens is 560 g/mol. The summed E-state index contributed by atoms with van der Waals surface area (Å²) in [6.45, 7) is 8.01. The van der Waals surface area contributed by atoms with E-state index in [1.165, 1.54) is 0 Å². The maximum Gasteiger partial charge on any atom is 0.341 e. The van der Waals surface area contributed by atoms with E-state index in [-0.39, 0.29) is 18.7 Å². The molecule has 2 fully saturated rings. The van der Waals surface area contributed by atoms with Gasteiger partial charge in [-0.05, 0) is 63.1 Å². The second-order valence-corrected chi connectivity index (χ2v) is 11.0. The minimum Gasteiger partial charge on any atom is -0.493 e. The zero-order valence-corrected chi connectivity index (χ0v) is 25.6. The van der Waals surface area contributed by atoms with Crippen molar-refractivity contribution in [2.75, 3.05) is 63.2 Å². The van der Waals surface area contributed by atoms with Gasteiger partial charge >= 0.3 is 12.0 Å². The zero-order chi connectivity index (χ0) is 31.1. The van der Waals surface area contributed by atoms with E-state index in [2.05, 4.69) is 33.5 Å². The third kappa shape index (κ3) is 6.81. The molecule has 2 aliphatic rings. The van der Waals surface area contributed by atoms with Gasteiger partial charge in [0.2, 0.25) is 0 Å². The van der Waals surface area contributed by atoms with Crippen LogP contribution in [-0.4, -0.2) is 81.0 Å². The lowest BCUT2D eigenvalue weighted by molar-refractivity contribution is 0.0526. The van der Waals surface area contributed by atoms with Gasteiger partial charge in [0.05, 0.1) is 36.6 Å². The van der Waals surface area contributed by atoms with E-state index >= 15 is 0 Å². The van der Waals surface area contributed by atoms with Gasteiger partial charge in [0.15, 0.2) is 11.5 Å². The number of urea groups is 1. The molecule has 2 amide bonds. The fourth-order valence-corrected chi connectivity index (χ4v) is 5.97. The summed E-state index contributed by atoms with van der Waals surface area (Å²) in [6.07, 6.45) is 4.72. The first-order valence-corrected chi connectivity index (χ1v) is 15.3. The Balaban J connectivity index is 1.40. The molecule has 0 spiro atoms. The van der Waals surface area contributed by atoms with Gasteiger partial charge in [-0.2, -0.15) is 5.26 Å². The number of methoxy groups -OCH3 is 1. The van der Waals surface area contributed by atoms with Gasteiger partial charge in [-0.15, -0.1) is 0 Å². The van der Waals surface area contributed by atoms with Crippen LogP contribution in [0, 0.1) is 17.2 Å². The van der Waals surface area contributed by atoms with Crippen molar-refractivity contribution in [1.82, 2.24) is 15.2 Å². The first kappa shape index (κ1) is 30.9. The summed E-state index contributed by atoms with van der Waals surface area (Å²) in [6, 6.07) is 12.4. The molecule has 2 atom stereocenters. The highest BCUT2D eigenvalue weighted by atomic mass is 16.5. The van der Waals surface area contributed by atoms with Crippen LogP contribution in [0.25, 0.3) is 10.9 Å². The van der Waals surface area contributed by atoms with E-state index in [0.717, 1.165) is 37.7 Å². The highest BCUT2D eigenvalue weighted by Crippen LogP contribution is 2.39. The van der Waals surface area contributed by atoms with Gasteiger partial charge in [-0.1, -0.05) is 6.92 Å². The molecule has 2 N–H and O–H groups in total. The van der Waals surface area contributed by atoms with Crippen LogP contribution in [-0.2, 0) is 4.74 Å². The molecule has 3 aromatic rings. The van der Waals surface area contributed by atoms with Crippen LogP contribution >= 0.6 is 0 Å². The Morgan fingerprint density at radius 1 is 1.14 bits per heavy atom. The molecule has 232 valence electrons. The fourth-order valence-electron chi connectivity index (χ4n) is 5.97. The molecule has 11 heteroatoms. The number of nitrogens with zero attached hydrogens (tertiary/aromatic N) is 4. The highest BCUT2D eigenvalue weighted by molar-refractivity contribution is 6.06. The number of amides is 2. The number of piperidine rings is 1. The van der Waals surface area contributed by atoms with Crippen molar-refractivity contribution < 1.29 is 23.8 Å². The van der Waals surface area contributed by atoms with Crippen LogP contribution in [0.3, 0.4) is 0 Å². The standard InChI is InChI=1S/C33H40N6O5/c1-4-28(23-7-6-12-35-20-23)44-30-18-27-25(17-29(30)42-3)31(26(21-36-27)32(40)43-5-2)38-13-15-39(16-14-38)33(41)37-24-10-8-22(19-34)9-11-24/h8-11,17-18,21,23,28,35H,4-7,12-16,20H2,1-3H3,(H,37,41). The lowest BCUT2D eigenvalue weighted by Gasteiger charge is -2.37. The SMILES string of the molecule is CCOC(=O)c1cnc2cc(OC(CC)C3CCCNC3)c(OC)cc2c1N1CCN(C(=O)Nc2ccc(C#N)cc2)CC1. The normalized spacial score (nSPS) is 17.5. The van der Waals surface area contributed by atoms with E-state index in [9.17, 15) is 9.59 Å². The Morgan fingerprint density at radius 3 is 2.55 bits per heavy atom. The summed E-state index contributed by atoms with van der Waals surface area (Å²) in [5.74, 6) is 1.16. The van der Waals surface area contributed by atoms with Crippen LogP contribution in [0.5, 0.6) is 11.5 Å². The van der Waals surface area contributed by atoms with Gasteiger partial charge in [-0.25, -0.2) is 9.59 Å². The molecule has 1 aromatic heterocycles.